The van der Waals surface area contributed by atoms with E-state index in [1.165, 1.54) is 0 Å². The number of aliphatic hydroxyl groups is 1. The molecular formula is C17H35NO3. The Morgan fingerprint density at radius 2 is 1.62 bits per heavy atom. The summed E-state index contributed by atoms with van der Waals surface area (Å²) in [5, 5.41) is 10.4. The van der Waals surface area contributed by atoms with Crippen LogP contribution >= 0.6 is 0 Å². The predicted octanol–water partition coefficient (Wildman–Crippen LogP) is 2.55. The van der Waals surface area contributed by atoms with E-state index in [2.05, 4.69) is 18.7 Å². The molecule has 4 nitrogen and oxygen atoms in total. The van der Waals surface area contributed by atoms with Gasteiger partial charge in [-0.25, -0.2) is 0 Å². The number of hydrogen-bond donors (Lipinski definition) is 1. The summed E-state index contributed by atoms with van der Waals surface area (Å²) in [5.74, 6) is 1.42. The fourth-order valence-electron chi connectivity index (χ4n) is 3.26. The van der Waals surface area contributed by atoms with E-state index < -0.39 is 0 Å². The molecule has 0 aromatic carbocycles. The maximum atomic E-state index is 10.4. The zero-order valence-electron chi connectivity index (χ0n) is 14.4. The van der Waals surface area contributed by atoms with Crippen molar-refractivity contribution in [2.45, 2.75) is 59.1 Å². The van der Waals surface area contributed by atoms with Crippen molar-refractivity contribution in [3.8, 4) is 0 Å². The number of rotatable bonds is 10. The van der Waals surface area contributed by atoms with Crippen molar-refractivity contribution in [1.29, 1.82) is 0 Å². The van der Waals surface area contributed by atoms with Gasteiger partial charge in [-0.05, 0) is 44.9 Å². The first-order valence-electron chi connectivity index (χ1n) is 8.67. The minimum atomic E-state index is -0.205. The molecule has 4 heteroatoms. The highest BCUT2D eigenvalue weighted by Gasteiger charge is 2.34. The molecule has 0 aromatic heterocycles. The summed E-state index contributed by atoms with van der Waals surface area (Å²) in [6.45, 7) is 13.4. The van der Waals surface area contributed by atoms with E-state index in [0.717, 1.165) is 64.7 Å². The first-order valence-corrected chi connectivity index (χ1v) is 8.67. The highest BCUT2D eigenvalue weighted by Crippen LogP contribution is 2.32. The molecule has 0 spiro atoms. The Kier molecular flexibility index (Phi) is 9.49. The van der Waals surface area contributed by atoms with Gasteiger partial charge in [0, 0.05) is 32.3 Å². The lowest BCUT2D eigenvalue weighted by atomic mass is 9.77. The largest absolute Gasteiger partial charge is 0.391 e. The normalized spacial score (nSPS) is 26.7. The van der Waals surface area contributed by atoms with E-state index in [-0.39, 0.29) is 12.1 Å². The van der Waals surface area contributed by atoms with Crippen molar-refractivity contribution in [1.82, 2.24) is 4.90 Å². The summed E-state index contributed by atoms with van der Waals surface area (Å²) in [6.07, 6.45) is 2.97. The van der Waals surface area contributed by atoms with Crippen LogP contribution < -0.4 is 0 Å². The highest BCUT2D eigenvalue weighted by molar-refractivity contribution is 4.88. The molecule has 3 atom stereocenters. The van der Waals surface area contributed by atoms with Gasteiger partial charge in [0.1, 0.15) is 0 Å². The van der Waals surface area contributed by atoms with Crippen LogP contribution in [0.25, 0.3) is 0 Å². The van der Waals surface area contributed by atoms with E-state index in [0.29, 0.717) is 5.92 Å². The van der Waals surface area contributed by atoms with Gasteiger partial charge in [0.15, 0.2) is 0 Å². The molecule has 0 aromatic rings. The molecule has 126 valence electrons. The topological polar surface area (TPSA) is 41.9 Å². The monoisotopic (exact) mass is 301 g/mol. The Morgan fingerprint density at radius 1 is 1.05 bits per heavy atom. The molecule has 0 aliphatic heterocycles. The lowest BCUT2D eigenvalue weighted by molar-refractivity contribution is -0.0251. The molecule has 3 unspecified atom stereocenters. The van der Waals surface area contributed by atoms with Gasteiger partial charge in [0.25, 0.3) is 0 Å². The molecule has 1 rings (SSSR count). The minimum Gasteiger partial charge on any atom is -0.391 e. The van der Waals surface area contributed by atoms with E-state index in [9.17, 15) is 5.11 Å². The van der Waals surface area contributed by atoms with Gasteiger partial charge in [-0.1, -0.05) is 13.8 Å². The minimum absolute atomic E-state index is 0.205. The molecule has 1 aliphatic carbocycles. The van der Waals surface area contributed by atoms with Gasteiger partial charge in [-0.15, -0.1) is 0 Å². The summed E-state index contributed by atoms with van der Waals surface area (Å²) in [4.78, 5) is 2.38. The Morgan fingerprint density at radius 3 is 2.10 bits per heavy atom. The first-order chi connectivity index (χ1) is 10.1. The van der Waals surface area contributed by atoms with Crippen molar-refractivity contribution >= 4 is 0 Å². The van der Waals surface area contributed by atoms with Crippen LogP contribution in [0, 0.1) is 11.8 Å². The van der Waals surface area contributed by atoms with Gasteiger partial charge in [0.2, 0.25) is 0 Å². The molecule has 0 radical (unpaired) electrons. The fourth-order valence-corrected chi connectivity index (χ4v) is 3.26. The molecule has 1 saturated carbocycles. The van der Waals surface area contributed by atoms with E-state index in [1.807, 2.05) is 13.8 Å². The summed E-state index contributed by atoms with van der Waals surface area (Å²) < 4.78 is 11.0. The molecule has 0 heterocycles. The van der Waals surface area contributed by atoms with Crippen molar-refractivity contribution in [3.05, 3.63) is 0 Å². The zero-order valence-corrected chi connectivity index (χ0v) is 14.4. The average Bonchev–Trinajstić information content (AvgIpc) is 2.46. The van der Waals surface area contributed by atoms with Crippen molar-refractivity contribution < 1.29 is 14.6 Å². The van der Waals surface area contributed by atoms with Crippen molar-refractivity contribution in [2.24, 2.45) is 11.8 Å². The van der Waals surface area contributed by atoms with E-state index in [4.69, 9.17) is 9.47 Å². The highest BCUT2D eigenvalue weighted by atomic mass is 16.5. The third-order valence-electron chi connectivity index (χ3n) is 4.69. The van der Waals surface area contributed by atoms with Crippen molar-refractivity contribution in [2.75, 3.05) is 39.5 Å². The van der Waals surface area contributed by atoms with E-state index in [1.54, 1.807) is 0 Å². The third-order valence-corrected chi connectivity index (χ3v) is 4.69. The van der Waals surface area contributed by atoms with Crippen LogP contribution in [-0.2, 0) is 9.47 Å². The summed E-state index contributed by atoms with van der Waals surface area (Å²) in [7, 11) is 0. The average molecular weight is 301 g/mol. The smallest absolute Gasteiger partial charge is 0.0695 e. The first kappa shape index (κ1) is 18.9. The molecule has 0 bridgehead atoms. The lowest BCUT2D eigenvalue weighted by Crippen LogP contribution is -2.50. The zero-order chi connectivity index (χ0) is 15.7. The summed E-state index contributed by atoms with van der Waals surface area (Å²) >= 11 is 0. The Bertz CT molecular complexity index is 250. The SMILES string of the molecule is CCOCCN(CCOCC)C1CC(C(C)C)CCC1O. The van der Waals surface area contributed by atoms with E-state index >= 15 is 0 Å². The van der Waals surface area contributed by atoms with Crippen LogP contribution in [0.15, 0.2) is 0 Å². The second kappa shape index (κ2) is 10.5. The van der Waals surface area contributed by atoms with Gasteiger partial charge in [-0.2, -0.15) is 0 Å². The van der Waals surface area contributed by atoms with Crippen LogP contribution in [0.4, 0.5) is 0 Å². The standard InChI is InChI=1S/C17H35NO3/c1-5-20-11-9-18(10-12-21-6-2)16-13-15(14(3)4)7-8-17(16)19/h14-17,19H,5-13H2,1-4H3. The second-order valence-electron chi connectivity index (χ2n) is 6.38. The number of ether oxygens (including phenoxy) is 2. The maximum Gasteiger partial charge on any atom is 0.0695 e. The number of aliphatic hydroxyl groups excluding tert-OH is 1. The van der Waals surface area contributed by atoms with Crippen LogP contribution in [0.3, 0.4) is 0 Å². The Labute approximate surface area is 130 Å². The van der Waals surface area contributed by atoms with Crippen LogP contribution in [0.5, 0.6) is 0 Å². The van der Waals surface area contributed by atoms with Crippen molar-refractivity contribution in [3.63, 3.8) is 0 Å². The molecule has 1 aliphatic rings. The molecule has 1 N–H and O–H groups in total. The van der Waals surface area contributed by atoms with Crippen LogP contribution in [0.1, 0.15) is 47.0 Å². The summed E-state index contributed by atoms with van der Waals surface area (Å²) in [5.41, 5.74) is 0. The lowest BCUT2D eigenvalue weighted by Gasteiger charge is -2.41. The molecule has 1 fully saturated rings. The fraction of sp³-hybridized carbons (Fsp3) is 1.00. The van der Waals surface area contributed by atoms with Gasteiger partial charge < -0.3 is 14.6 Å². The third kappa shape index (κ3) is 6.64. The predicted molar refractivity (Wildman–Crippen MR) is 86.5 cm³/mol. The molecule has 0 saturated heterocycles. The summed E-state index contributed by atoms with van der Waals surface area (Å²) in [6, 6.07) is 0.257. The molecule has 0 amide bonds. The maximum absolute atomic E-state index is 10.4. The number of hydrogen-bond acceptors (Lipinski definition) is 4. The van der Waals surface area contributed by atoms with Gasteiger partial charge in [-0.3, -0.25) is 4.90 Å². The quantitative estimate of drug-likeness (QED) is 0.630. The Hall–Kier alpha value is -0.160. The Balaban J connectivity index is 2.58. The van der Waals surface area contributed by atoms with Gasteiger partial charge >= 0.3 is 0 Å². The number of nitrogens with zero attached hydrogens (tertiary/aromatic N) is 1. The van der Waals surface area contributed by atoms with Crippen LogP contribution in [0.2, 0.25) is 0 Å². The molecular weight excluding hydrogens is 266 g/mol. The second-order valence-corrected chi connectivity index (χ2v) is 6.38. The van der Waals surface area contributed by atoms with Crippen LogP contribution in [-0.4, -0.2) is 61.7 Å². The van der Waals surface area contributed by atoms with Gasteiger partial charge in [0.05, 0.1) is 19.3 Å². The molecule has 21 heavy (non-hydrogen) atoms.